The Morgan fingerprint density at radius 3 is 2.63 bits per heavy atom. The van der Waals surface area contributed by atoms with E-state index in [2.05, 4.69) is 0 Å². The van der Waals surface area contributed by atoms with Crippen molar-refractivity contribution >= 4 is 46.1 Å². The molecule has 0 radical (unpaired) electrons. The quantitative estimate of drug-likeness (QED) is 0.334. The number of halogens is 1. The van der Waals surface area contributed by atoms with Crippen LogP contribution in [-0.2, 0) is 9.59 Å². The van der Waals surface area contributed by atoms with Gasteiger partial charge in [-0.1, -0.05) is 11.6 Å². The molecule has 2 aromatic rings. The zero-order valence-corrected chi connectivity index (χ0v) is 16.0. The van der Waals surface area contributed by atoms with Gasteiger partial charge in [0, 0.05) is 29.4 Å². The van der Waals surface area contributed by atoms with Crippen LogP contribution in [0, 0.1) is 23.0 Å². The van der Waals surface area contributed by atoms with Gasteiger partial charge in [0.15, 0.2) is 17.5 Å². The van der Waals surface area contributed by atoms with Gasteiger partial charge >= 0.3 is 0 Å². The van der Waals surface area contributed by atoms with Crippen molar-refractivity contribution in [2.75, 3.05) is 7.05 Å². The number of amides is 1. The van der Waals surface area contributed by atoms with Crippen molar-refractivity contribution in [2.45, 2.75) is 19.4 Å². The topological polar surface area (TPSA) is 97.6 Å². The minimum atomic E-state index is -1.58. The average Bonchev–Trinajstić information content (AvgIpc) is 3.04. The average molecular weight is 407 g/mol. The number of likely N-dealkylation sites (tertiary alicyclic amines) is 1. The second-order valence-electron chi connectivity index (χ2n) is 6.38. The van der Waals surface area contributed by atoms with E-state index in [1.54, 1.807) is 0 Å². The minimum Gasteiger partial charge on any atom is -0.336 e. The summed E-state index contributed by atoms with van der Waals surface area (Å²) in [7, 11) is 1.53. The van der Waals surface area contributed by atoms with Crippen LogP contribution >= 0.6 is 22.9 Å². The summed E-state index contributed by atoms with van der Waals surface area (Å²) in [5.41, 5.74) is 0.208. The Balaban J connectivity index is 1.94. The molecule has 140 valence electrons. The molecule has 0 aliphatic carbocycles. The van der Waals surface area contributed by atoms with E-state index in [1.807, 2.05) is 18.4 Å². The molecule has 9 heteroatoms. The molecule has 1 aliphatic rings. The van der Waals surface area contributed by atoms with E-state index < -0.39 is 40.0 Å². The summed E-state index contributed by atoms with van der Waals surface area (Å²) in [4.78, 5) is 51.0. The van der Waals surface area contributed by atoms with Gasteiger partial charge in [-0.05, 0) is 36.1 Å². The zero-order valence-electron chi connectivity index (χ0n) is 14.5. The van der Waals surface area contributed by atoms with Crippen molar-refractivity contribution < 1.29 is 19.3 Å². The first-order valence-corrected chi connectivity index (χ1v) is 9.29. The van der Waals surface area contributed by atoms with Gasteiger partial charge < -0.3 is 4.90 Å². The maximum atomic E-state index is 12.8. The largest absolute Gasteiger partial charge is 0.336 e. The normalized spacial score (nSPS) is 20.0. The smallest absolute Gasteiger partial charge is 0.281 e. The first-order chi connectivity index (χ1) is 12.7. The number of benzene rings is 1. The van der Waals surface area contributed by atoms with E-state index in [9.17, 15) is 24.5 Å². The van der Waals surface area contributed by atoms with Crippen LogP contribution in [0.15, 0.2) is 29.6 Å². The summed E-state index contributed by atoms with van der Waals surface area (Å²) in [6, 6.07) is 5.00. The number of carbonyl (C=O) groups is 3. The second kappa shape index (κ2) is 7.21. The summed E-state index contributed by atoms with van der Waals surface area (Å²) < 4.78 is 0. The van der Waals surface area contributed by atoms with Gasteiger partial charge in [-0.2, -0.15) is 0 Å². The van der Waals surface area contributed by atoms with Crippen LogP contribution in [0.25, 0.3) is 0 Å². The Hall–Kier alpha value is -2.58. The van der Waals surface area contributed by atoms with Crippen molar-refractivity contribution in [1.29, 1.82) is 0 Å². The fourth-order valence-corrected chi connectivity index (χ4v) is 4.35. The molecular weight excluding hydrogens is 392 g/mol. The van der Waals surface area contributed by atoms with Gasteiger partial charge in [-0.15, -0.1) is 11.3 Å². The van der Waals surface area contributed by atoms with Gasteiger partial charge in [-0.25, -0.2) is 0 Å². The molecule has 1 aliphatic heterocycles. The number of nitro benzene ring substituents is 1. The molecule has 0 bridgehead atoms. The number of hydrogen-bond donors (Lipinski definition) is 0. The number of Topliss-reactive ketones (excluding diaryl/α,β-unsaturated/α-hetero) is 2. The first kappa shape index (κ1) is 19.2. The SMILES string of the molecule is Cc1csc(C2CC(=O)C(C(=O)c3ccc(Cl)cc3[N+](=O)[O-])C(=O)N2C)c1. The van der Waals surface area contributed by atoms with Crippen molar-refractivity contribution in [2.24, 2.45) is 5.92 Å². The fourth-order valence-electron chi connectivity index (χ4n) is 3.14. The third-order valence-electron chi connectivity index (χ3n) is 4.54. The Morgan fingerprint density at radius 2 is 2.04 bits per heavy atom. The number of nitro groups is 1. The van der Waals surface area contributed by atoms with Crippen molar-refractivity contribution in [3.63, 3.8) is 0 Å². The third-order valence-corrected chi connectivity index (χ3v) is 5.93. The highest BCUT2D eigenvalue weighted by atomic mass is 35.5. The Labute approximate surface area is 163 Å². The highest BCUT2D eigenvalue weighted by Crippen LogP contribution is 2.36. The number of ketones is 2. The van der Waals surface area contributed by atoms with Crippen LogP contribution < -0.4 is 0 Å². The molecule has 1 aromatic heterocycles. The van der Waals surface area contributed by atoms with Crippen LogP contribution in [0.4, 0.5) is 5.69 Å². The lowest BCUT2D eigenvalue weighted by Gasteiger charge is -2.34. The molecule has 7 nitrogen and oxygen atoms in total. The molecule has 1 saturated heterocycles. The maximum absolute atomic E-state index is 12.8. The maximum Gasteiger partial charge on any atom is 0.281 e. The molecule has 0 saturated carbocycles. The standard InChI is InChI=1S/C18H15ClN2O5S/c1-9-5-15(27-8-9)13-7-14(22)16(18(24)20(13)2)17(23)11-4-3-10(19)6-12(11)21(25)26/h3-6,8,13,16H,7H2,1-2H3. The van der Waals surface area contributed by atoms with E-state index in [0.29, 0.717) is 0 Å². The van der Waals surface area contributed by atoms with Gasteiger partial charge in [-0.3, -0.25) is 24.5 Å². The summed E-state index contributed by atoms with van der Waals surface area (Å²) in [5.74, 6) is -3.65. The number of nitrogens with zero attached hydrogens (tertiary/aromatic N) is 2. The predicted octanol–water partition coefficient (Wildman–Crippen LogP) is 3.59. The number of carbonyl (C=O) groups excluding carboxylic acids is 3. The van der Waals surface area contributed by atoms with E-state index in [-0.39, 0.29) is 17.0 Å². The molecule has 2 unspecified atom stereocenters. The Bertz CT molecular complexity index is 970. The van der Waals surface area contributed by atoms with Gasteiger partial charge in [0.1, 0.15) is 0 Å². The molecule has 27 heavy (non-hydrogen) atoms. The number of aryl methyl sites for hydroxylation is 1. The van der Waals surface area contributed by atoms with Crippen molar-refractivity contribution in [1.82, 2.24) is 4.90 Å². The van der Waals surface area contributed by atoms with Crippen LogP contribution in [0.3, 0.4) is 0 Å². The highest BCUT2D eigenvalue weighted by Gasteiger charge is 2.45. The molecule has 1 amide bonds. The number of thiophene rings is 1. The Morgan fingerprint density at radius 1 is 1.33 bits per heavy atom. The lowest BCUT2D eigenvalue weighted by molar-refractivity contribution is -0.385. The minimum absolute atomic E-state index is 0.0139. The number of hydrogen-bond acceptors (Lipinski definition) is 6. The highest BCUT2D eigenvalue weighted by molar-refractivity contribution is 7.10. The van der Waals surface area contributed by atoms with Gasteiger partial charge in [0.05, 0.1) is 16.5 Å². The van der Waals surface area contributed by atoms with E-state index in [4.69, 9.17) is 11.6 Å². The lowest BCUT2D eigenvalue weighted by atomic mass is 9.84. The van der Waals surface area contributed by atoms with Crippen LogP contribution in [0.1, 0.15) is 33.3 Å². The molecule has 0 N–H and O–H groups in total. The monoisotopic (exact) mass is 406 g/mol. The van der Waals surface area contributed by atoms with E-state index in [1.165, 1.54) is 35.4 Å². The summed E-state index contributed by atoms with van der Waals surface area (Å²) in [6.45, 7) is 1.92. The van der Waals surface area contributed by atoms with Crippen LogP contribution in [0.2, 0.25) is 5.02 Å². The molecule has 3 rings (SSSR count). The third kappa shape index (κ3) is 3.50. The summed E-state index contributed by atoms with van der Waals surface area (Å²) in [6.07, 6.45) is -0.0139. The Kier molecular flexibility index (Phi) is 5.12. The van der Waals surface area contributed by atoms with Crippen molar-refractivity contribution in [3.05, 3.63) is 60.8 Å². The molecular formula is C18H15ClN2O5S. The van der Waals surface area contributed by atoms with E-state index in [0.717, 1.165) is 16.5 Å². The van der Waals surface area contributed by atoms with Crippen molar-refractivity contribution in [3.8, 4) is 0 Å². The lowest BCUT2D eigenvalue weighted by Crippen LogP contribution is -2.48. The second-order valence-corrected chi connectivity index (χ2v) is 7.76. The van der Waals surface area contributed by atoms with E-state index >= 15 is 0 Å². The first-order valence-electron chi connectivity index (χ1n) is 8.03. The molecule has 0 spiro atoms. The van der Waals surface area contributed by atoms with Crippen LogP contribution in [-0.4, -0.2) is 34.3 Å². The van der Waals surface area contributed by atoms with Gasteiger partial charge in [0.25, 0.3) is 5.69 Å². The van der Waals surface area contributed by atoms with Gasteiger partial charge in [0.2, 0.25) is 5.91 Å². The zero-order chi connectivity index (χ0) is 19.9. The predicted molar refractivity (Wildman–Crippen MR) is 100 cm³/mol. The summed E-state index contributed by atoms with van der Waals surface area (Å²) in [5, 5.41) is 13.3. The fraction of sp³-hybridized carbons (Fsp3) is 0.278. The molecule has 1 fully saturated rings. The molecule has 1 aromatic carbocycles. The molecule has 2 heterocycles. The molecule has 2 atom stereocenters. The number of piperidine rings is 1. The van der Waals surface area contributed by atoms with Crippen LogP contribution in [0.5, 0.6) is 0 Å². The number of rotatable bonds is 4. The summed E-state index contributed by atoms with van der Waals surface area (Å²) >= 11 is 7.21.